The van der Waals surface area contributed by atoms with E-state index in [1.807, 2.05) is 37.3 Å². The number of thioether (sulfide) groups is 1. The number of benzene rings is 2. The summed E-state index contributed by atoms with van der Waals surface area (Å²) in [5.41, 5.74) is 3.45. The fourth-order valence-electron chi connectivity index (χ4n) is 3.83. The fourth-order valence-corrected chi connectivity index (χ4v) is 5.66. The van der Waals surface area contributed by atoms with Crippen molar-refractivity contribution in [3.63, 3.8) is 0 Å². The van der Waals surface area contributed by atoms with Crippen LogP contribution in [0.2, 0.25) is 0 Å². The molecule has 1 aliphatic heterocycles. The first-order valence-electron chi connectivity index (χ1n) is 10.8. The third kappa shape index (κ3) is 4.60. The lowest BCUT2D eigenvalue weighted by Gasteiger charge is -2.22. The number of carbonyl (C=O) groups is 2. The maximum absolute atomic E-state index is 13.2. The van der Waals surface area contributed by atoms with Gasteiger partial charge >= 0.3 is 5.91 Å². The number of aliphatic hydroxyl groups excluding tert-OH is 1. The molecule has 4 aromatic rings. The van der Waals surface area contributed by atoms with E-state index in [1.165, 1.54) is 46.0 Å². The Morgan fingerprint density at radius 2 is 1.71 bits per heavy atom. The van der Waals surface area contributed by atoms with Crippen molar-refractivity contribution >= 4 is 45.7 Å². The first kappa shape index (κ1) is 22.9. The summed E-state index contributed by atoms with van der Waals surface area (Å²) in [6.45, 7) is 2.04. The fraction of sp³-hybridized carbons (Fsp3) is 0.115. The number of aliphatic hydroxyl groups is 1. The third-order valence-electron chi connectivity index (χ3n) is 5.60. The van der Waals surface area contributed by atoms with Crippen LogP contribution in [0.25, 0.3) is 5.76 Å². The van der Waals surface area contributed by atoms with E-state index >= 15 is 0 Å². The molecule has 1 unspecified atom stereocenters. The summed E-state index contributed by atoms with van der Waals surface area (Å²) >= 11 is 2.76. The zero-order chi connectivity index (χ0) is 24.4. The van der Waals surface area contributed by atoms with Crippen molar-refractivity contribution in [3.8, 4) is 0 Å². The highest BCUT2D eigenvalue weighted by Gasteiger charge is 2.48. The molecule has 9 heteroatoms. The molecule has 0 aliphatic carbocycles. The Bertz CT molecular complexity index is 1400. The Hall–Kier alpha value is -3.82. The number of anilines is 1. The summed E-state index contributed by atoms with van der Waals surface area (Å²) < 4.78 is 0.684. The number of hydrogen-bond donors (Lipinski definition) is 1. The molecule has 0 saturated carbocycles. The summed E-state index contributed by atoms with van der Waals surface area (Å²) in [6, 6.07) is 19.7. The molecule has 5 rings (SSSR count). The maximum atomic E-state index is 13.2. The topological polar surface area (TPSA) is 96.3 Å². The van der Waals surface area contributed by atoms with E-state index in [4.69, 9.17) is 0 Å². The molecule has 174 valence electrons. The number of aromatic nitrogens is 3. The van der Waals surface area contributed by atoms with Gasteiger partial charge in [-0.3, -0.25) is 19.5 Å². The van der Waals surface area contributed by atoms with E-state index in [-0.39, 0.29) is 11.3 Å². The quantitative estimate of drug-likeness (QED) is 0.128. The monoisotopic (exact) mass is 500 g/mol. The molecule has 0 radical (unpaired) electrons. The molecular formula is C26H20N4O3S2. The molecule has 35 heavy (non-hydrogen) atoms. The molecule has 1 saturated heterocycles. The van der Waals surface area contributed by atoms with Crippen molar-refractivity contribution in [2.75, 3.05) is 4.90 Å². The number of nitrogens with zero attached hydrogens (tertiary/aromatic N) is 4. The number of pyridine rings is 1. The lowest BCUT2D eigenvalue weighted by atomic mass is 9.96. The lowest BCUT2D eigenvalue weighted by molar-refractivity contribution is -0.132. The molecule has 0 spiro atoms. The van der Waals surface area contributed by atoms with Gasteiger partial charge in [0.15, 0.2) is 4.34 Å². The van der Waals surface area contributed by atoms with E-state index < -0.39 is 17.7 Å². The van der Waals surface area contributed by atoms with Gasteiger partial charge in [-0.25, -0.2) is 0 Å². The van der Waals surface area contributed by atoms with Crippen LogP contribution in [-0.4, -0.2) is 32.0 Å². The summed E-state index contributed by atoms with van der Waals surface area (Å²) in [5, 5.41) is 19.8. The van der Waals surface area contributed by atoms with E-state index in [9.17, 15) is 14.7 Å². The van der Waals surface area contributed by atoms with Crippen LogP contribution in [0.3, 0.4) is 0 Å². The van der Waals surface area contributed by atoms with Crippen molar-refractivity contribution < 1.29 is 14.7 Å². The van der Waals surface area contributed by atoms with Crippen molar-refractivity contribution in [1.82, 2.24) is 15.2 Å². The highest BCUT2D eigenvalue weighted by molar-refractivity contribution is 8.00. The van der Waals surface area contributed by atoms with Crippen LogP contribution >= 0.6 is 23.1 Å². The lowest BCUT2D eigenvalue weighted by Crippen LogP contribution is -2.29. The molecule has 7 nitrogen and oxygen atoms in total. The van der Waals surface area contributed by atoms with Gasteiger partial charge in [0, 0.05) is 23.7 Å². The molecule has 2 aromatic heterocycles. The van der Waals surface area contributed by atoms with Crippen LogP contribution in [0.1, 0.15) is 28.3 Å². The largest absolute Gasteiger partial charge is 0.507 e. The molecule has 2 aromatic carbocycles. The molecule has 1 N–H and O–H groups in total. The second-order valence-electron chi connectivity index (χ2n) is 7.94. The van der Waals surface area contributed by atoms with Crippen LogP contribution in [0.15, 0.2) is 89.0 Å². The third-order valence-corrected chi connectivity index (χ3v) is 7.73. The molecule has 3 heterocycles. The first-order chi connectivity index (χ1) is 17.0. The zero-order valence-corrected chi connectivity index (χ0v) is 20.3. The van der Waals surface area contributed by atoms with Crippen molar-refractivity contribution in [2.45, 2.75) is 23.1 Å². The smallest absolute Gasteiger partial charge is 0.301 e. The molecule has 0 bridgehead atoms. The van der Waals surface area contributed by atoms with Gasteiger partial charge in [0.25, 0.3) is 5.78 Å². The number of amides is 1. The maximum Gasteiger partial charge on any atom is 0.301 e. The van der Waals surface area contributed by atoms with Gasteiger partial charge in [-0.05, 0) is 30.2 Å². The van der Waals surface area contributed by atoms with Gasteiger partial charge in [0.05, 0.1) is 11.6 Å². The van der Waals surface area contributed by atoms with Gasteiger partial charge in [0.2, 0.25) is 5.13 Å². The normalized spacial score (nSPS) is 17.2. The molecule has 1 amide bonds. The average molecular weight is 501 g/mol. The number of aryl methyl sites for hydroxylation is 1. The Kier molecular flexibility index (Phi) is 6.43. The highest BCUT2D eigenvalue weighted by atomic mass is 32.2. The van der Waals surface area contributed by atoms with E-state index in [0.717, 1.165) is 5.56 Å². The van der Waals surface area contributed by atoms with Crippen molar-refractivity contribution in [1.29, 1.82) is 0 Å². The van der Waals surface area contributed by atoms with E-state index in [1.54, 1.807) is 12.1 Å². The Balaban J connectivity index is 1.51. The second kappa shape index (κ2) is 9.81. The van der Waals surface area contributed by atoms with Crippen molar-refractivity contribution in [2.24, 2.45) is 0 Å². The minimum atomic E-state index is -0.827. The van der Waals surface area contributed by atoms with Crippen LogP contribution < -0.4 is 4.90 Å². The van der Waals surface area contributed by atoms with E-state index in [0.29, 0.717) is 26.4 Å². The Morgan fingerprint density at radius 1 is 1.00 bits per heavy atom. The number of Topliss-reactive ketones (excluding diaryl/α,β-unsaturated/α-hetero) is 1. The molecular weight excluding hydrogens is 480 g/mol. The van der Waals surface area contributed by atoms with E-state index in [2.05, 4.69) is 39.4 Å². The van der Waals surface area contributed by atoms with Gasteiger partial charge in [-0.2, -0.15) is 0 Å². The van der Waals surface area contributed by atoms with Crippen LogP contribution in [0.5, 0.6) is 0 Å². The van der Waals surface area contributed by atoms with Gasteiger partial charge < -0.3 is 5.11 Å². The summed E-state index contributed by atoms with van der Waals surface area (Å²) in [6.07, 6.45) is 3.04. The number of ketones is 1. The van der Waals surface area contributed by atoms with Gasteiger partial charge in [-0.1, -0.05) is 83.3 Å². The van der Waals surface area contributed by atoms with Gasteiger partial charge in [0.1, 0.15) is 5.76 Å². The summed E-state index contributed by atoms with van der Waals surface area (Å²) in [7, 11) is 0. The standard InChI is InChI=1S/C26H20N4O3S2/c1-16-7-9-17(10-8-16)15-34-26-29-28-25(35-26)30-21(18-5-3-2-4-6-18)20(23(32)24(30)33)22(31)19-11-13-27-14-12-19/h2-14,21,31H,15H2,1H3. The Labute approximate surface area is 210 Å². The summed E-state index contributed by atoms with van der Waals surface area (Å²) in [4.78, 5) is 31.7. The van der Waals surface area contributed by atoms with Crippen molar-refractivity contribution in [3.05, 3.63) is 107 Å². The van der Waals surface area contributed by atoms with Crippen LogP contribution in [-0.2, 0) is 15.3 Å². The number of hydrogen-bond acceptors (Lipinski definition) is 8. The van der Waals surface area contributed by atoms with Crippen LogP contribution in [0.4, 0.5) is 5.13 Å². The first-order valence-corrected chi connectivity index (χ1v) is 12.6. The minimum Gasteiger partial charge on any atom is -0.507 e. The van der Waals surface area contributed by atoms with Crippen LogP contribution in [0, 0.1) is 6.92 Å². The summed E-state index contributed by atoms with van der Waals surface area (Å²) in [5.74, 6) is -1.06. The predicted octanol–water partition coefficient (Wildman–Crippen LogP) is 5.16. The van der Waals surface area contributed by atoms with Gasteiger partial charge in [-0.15, -0.1) is 10.2 Å². The Morgan fingerprint density at radius 3 is 2.43 bits per heavy atom. The minimum absolute atomic E-state index is 0.0106. The number of carbonyl (C=O) groups excluding carboxylic acids is 2. The number of rotatable bonds is 6. The molecule has 1 fully saturated rings. The predicted molar refractivity (Wildman–Crippen MR) is 136 cm³/mol. The zero-order valence-electron chi connectivity index (χ0n) is 18.7. The SMILES string of the molecule is Cc1ccc(CSc2nnc(N3C(=O)C(=O)C(=C(O)c4ccncc4)C3c3ccccc3)s2)cc1. The molecule has 1 atom stereocenters. The molecule has 1 aliphatic rings. The second-order valence-corrected chi connectivity index (χ2v) is 10.1. The average Bonchev–Trinajstić information content (AvgIpc) is 3.46. The highest BCUT2D eigenvalue weighted by Crippen LogP contribution is 2.43.